The highest BCUT2D eigenvalue weighted by Gasteiger charge is 2.61. The van der Waals surface area contributed by atoms with Gasteiger partial charge in [0.1, 0.15) is 6.04 Å². The highest BCUT2D eigenvalue weighted by atomic mass is 32.1. The maximum absolute atomic E-state index is 13.5. The lowest BCUT2D eigenvalue weighted by molar-refractivity contribution is -0.147. The Kier molecular flexibility index (Phi) is 5.14. The highest BCUT2D eigenvalue weighted by molar-refractivity contribution is 7.14. The minimum Gasteiger partial charge on any atom is -0.300 e. The number of carbonyl (C=O) groups is 3. The first kappa shape index (κ1) is 21.0. The van der Waals surface area contributed by atoms with Gasteiger partial charge in [0.2, 0.25) is 17.7 Å². The number of hydrogen-bond donors (Lipinski definition) is 1. The summed E-state index contributed by atoms with van der Waals surface area (Å²) >= 11 is 1.33. The first-order valence-corrected chi connectivity index (χ1v) is 12.4. The van der Waals surface area contributed by atoms with Gasteiger partial charge in [-0.25, -0.2) is 4.98 Å². The Labute approximate surface area is 201 Å². The van der Waals surface area contributed by atoms with E-state index in [1.807, 2.05) is 66.0 Å². The standard InChI is InChI=1S/C27H23N3O3S/c31-24(29-27-28-20(15-34-27)17-9-5-2-6-10-17)21(13-16-7-3-1-4-8-16)30-25(32)22-18-11-12-19(14-18)23(22)26(30)33/h1-12,15,18-19,21-23H,13-14H2,(H,28,29,31)/t18-,19-,21-,22-,23-/m0/s1. The number of benzene rings is 2. The van der Waals surface area contributed by atoms with Crippen LogP contribution >= 0.6 is 11.3 Å². The second kappa shape index (κ2) is 8.33. The zero-order valence-corrected chi connectivity index (χ0v) is 19.2. The molecule has 3 amide bonds. The van der Waals surface area contributed by atoms with E-state index in [2.05, 4.69) is 22.5 Å². The summed E-state index contributed by atoms with van der Waals surface area (Å²) in [5.74, 6) is -1.29. The number of imide groups is 1. The Morgan fingerprint density at radius 2 is 1.59 bits per heavy atom. The van der Waals surface area contributed by atoms with Crippen molar-refractivity contribution in [3.05, 3.63) is 83.8 Å². The van der Waals surface area contributed by atoms with Crippen LogP contribution in [0, 0.1) is 23.7 Å². The molecule has 0 unspecified atom stereocenters. The van der Waals surface area contributed by atoms with Crippen LogP contribution in [0.3, 0.4) is 0 Å². The SMILES string of the molecule is O=C(Nc1nc(-c2ccccc2)cs1)[C@H](Cc1ccccc1)N1C(=O)[C@@H]2[C@@H](C1=O)[C@H]1C=C[C@H]2C1. The summed E-state index contributed by atoms with van der Waals surface area (Å²) in [4.78, 5) is 46.2. The predicted octanol–water partition coefficient (Wildman–Crippen LogP) is 4.17. The molecule has 6 nitrogen and oxygen atoms in total. The lowest BCUT2D eigenvalue weighted by atomic mass is 9.85. The van der Waals surface area contributed by atoms with E-state index in [9.17, 15) is 14.4 Å². The van der Waals surface area contributed by atoms with Gasteiger partial charge < -0.3 is 5.32 Å². The third kappa shape index (κ3) is 3.47. The number of nitrogens with zero attached hydrogens (tertiary/aromatic N) is 2. The van der Waals surface area contributed by atoms with Crippen molar-refractivity contribution in [2.45, 2.75) is 18.9 Å². The van der Waals surface area contributed by atoms with Crippen LogP contribution in [0.15, 0.2) is 78.2 Å². The fraction of sp³-hybridized carbons (Fsp3) is 0.259. The maximum Gasteiger partial charge on any atom is 0.249 e. The van der Waals surface area contributed by atoms with Gasteiger partial charge in [-0.15, -0.1) is 11.3 Å². The highest BCUT2D eigenvalue weighted by Crippen LogP contribution is 2.53. The molecule has 2 bridgehead atoms. The largest absolute Gasteiger partial charge is 0.300 e. The summed E-state index contributed by atoms with van der Waals surface area (Å²) in [5, 5.41) is 5.21. The number of amides is 3. The zero-order chi connectivity index (χ0) is 23.2. The van der Waals surface area contributed by atoms with Gasteiger partial charge in [0.05, 0.1) is 17.5 Å². The Balaban J connectivity index is 1.28. The molecule has 170 valence electrons. The molecule has 5 atom stereocenters. The molecule has 2 fully saturated rings. The molecule has 3 aliphatic rings. The number of thiazole rings is 1. The van der Waals surface area contributed by atoms with Crippen LogP contribution in [-0.4, -0.2) is 33.6 Å². The molecule has 1 aliphatic heterocycles. The number of anilines is 1. The molecular formula is C27H23N3O3S. The third-order valence-electron chi connectivity index (χ3n) is 7.19. The predicted molar refractivity (Wildman–Crippen MR) is 130 cm³/mol. The van der Waals surface area contributed by atoms with Crippen molar-refractivity contribution in [3.63, 3.8) is 0 Å². The van der Waals surface area contributed by atoms with Gasteiger partial charge in [0.25, 0.3) is 0 Å². The summed E-state index contributed by atoms with van der Waals surface area (Å²) < 4.78 is 0. The Morgan fingerprint density at radius 3 is 2.24 bits per heavy atom. The topological polar surface area (TPSA) is 79.4 Å². The average Bonchev–Trinajstić information content (AvgIpc) is 3.64. The number of fused-ring (bicyclic) bond motifs is 5. The van der Waals surface area contributed by atoms with Gasteiger partial charge in [-0.1, -0.05) is 72.8 Å². The van der Waals surface area contributed by atoms with Crippen LogP contribution in [-0.2, 0) is 20.8 Å². The first-order valence-electron chi connectivity index (χ1n) is 11.5. The molecular weight excluding hydrogens is 446 g/mol. The third-order valence-corrected chi connectivity index (χ3v) is 7.95. The molecule has 2 aromatic carbocycles. The van der Waals surface area contributed by atoms with E-state index in [0.717, 1.165) is 23.2 Å². The molecule has 1 N–H and O–H groups in total. The average molecular weight is 470 g/mol. The van der Waals surface area contributed by atoms with Crippen molar-refractivity contribution in [1.29, 1.82) is 0 Å². The fourth-order valence-electron chi connectivity index (χ4n) is 5.63. The van der Waals surface area contributed by atoms with Crippen LogP contribution in [0.4, 0.5) is 5.13 Å². The molecule has 2 heterocycles. The van der Waals surface area contributed by atoms with Gasteiger partial charge in [0, 0.05) is 17.4 Å². The molecule has 1 saturated heterocycles. The van der Waals surface area contributed by atoms with E-state index in [1.54, 1.807) is 0 Å². The number of rotatable bonds is 6. The van der Waals surface area contributed by atoms with Crippen LogP contribution in [0.25, 0.3) is 11.3 Å². The van der Waals surface area contributed by atoms with Gasteiger partial charge in [-0.05, 0) is 23.8 Å². The van der Waals surface area contributed by atoms with Crippen LogP contribution in [0.2, 0.25) is 0 Å². The molecule has 0 radical (unpaired) electrons. The molecule has 0 spiro atoms. The van der Waals surface area contributed by atoms with E-state index < -0.39 is 6.04 Å². The number of aromatic nitrogens is 1. The van der Waals surface area contributed by atoms with Crippen LogP contribution < -0.4 is 5.32 Å². The van der Waals surface area contributed by atoms with E-state index in [4.69, 9.17) is 0 Å². The van der Waals surface area contributed by atoms with Crippen molar-refractivity contribution in [1.82, 2.24) is 9.88 Å². The number of nitrogens with one attached hydrogen (secondary N) is 1. The molecule has 1 saturated carbocycles. The van der Waals surface area contributed by atoms with E-state index in [1.165, 1.54) is 16.2 Å². The normalized spacial score (nSPS) is 25.6. The maximum atomic E-state index is 13.5. The Bertz CT molecular complexity index is 1260. The quantitative estimate of drug-likeness (QED) is 0.434. The number of likely N-dealkylation sites (tertiary alicyclic amines) is 1. The van der Waals surface area contributed by atoms with Crippen LogP contribution in [0.5, 0.6) is 0 Å². The van der Waals surface area contributed by atoms with Gasteiger partial charge >= 0.3 is 0 Å². The summed E-state index contributed by atoms with van der Waals surface area (Å²) in [6, 6.07) is 18.3. The summed E-state index contributed by atoms with van der Waals surface area (Å²) in [6.45, 7) is 0. The zero-order valence-electron chi connectivity index (χ0n) is 18.3. The van der Waals surface area contributed by atoms with E-state index in [-0.39, 0.29) is 47.8 Å². The molecule has 1 aromatic heterocycles. The van der Waals surface area contributed by atoms with E-state index in [0.29, 0.717) is 5.13 Å². The van der Waals surface area contributed by atoms with Crippen molar-refractivity contribution in [2.75, 3.05) is 5.32 Å². The minimum atomic E-state index is -0.920. The second-order valence-corrected chi connectivity index (χ2v) is 10.0. The fourth-order valence-corrected chi connectivity index (χ4v) is 6.36. The van der Waals surface area contributed by atoms with E-state index >= 15 is 0 Å². The molecule has 34 heavy (non-hydrogen) atoms. The minimum absolute atomic E-state index is 0.101. The summed E-state index contributed by atoms with van der Waals surface area (Å²) in [7, 11) is 0. The van der Waals surface area contributed by atoms with Crippen molar-refractivity contribution in [3.8, 4) is 11.3 Å². The summed E-state index contributed by atoms with van der Waals surface area (Å²) in [5.41, 5.74) is 2.62. The Morgan fingerprint density at radius 1 is 0.971 bits per heavy atom. The monoisotopic (exact) mass is 469 g/mol. The number of allylic oxidation sites excluding steroid dienone is 2. The smallest absolute Gasteiger partial charge is 0.249 e. The Hall–Kier alpha value is -3.58. The molecule has 2 aliphatic carbocycles. The molecule has 7 heteroatoms. The van der Waals surface area contributed by atoms with Gasteiger partial charge in [-0.3, -0.25) is 19.3 Å². The molecule has 6 rings (SSSR count). The van der Waals surface area contributed by atoms with Gasteiger partial charge in [-0.2, -0.15) is 0 Å². The van der Waals surface area contributed by atoms with Crippen molar-refractivity contribution < 1.29 is 14.4 Å². The lowest BCUT2D eigenvalue weighted by Gasteiger charge is -2.26. The number of hydrogen-bond acceptors (Lipinski definition) is 5. The summed E-state index contributed by atoms with van der Waals surface area (Å²) in [6.07, 6.45) is 5.25. The van der Waals surface area contributed by atoms with Crippen LogP contribution in [0.1, 0.15) is 12.0 Å². The second-order valence-electron chi connectivity index (χ2n) is 9.15. The lowest BCUT2D eigenvalue weighted by Crippen LogP contribution is -2.49. The first-order chi connectivity index (χ1) is 16.6. The van der Waals surface area contributed by atoms with Crippen molar-refractivity contribution >= 4 is 34.2 Å². The van der Waals surface area contributed by atoms with Crippen molar-refractivity contribution in [2.24, 2.45) is 23.7 Å². The molecule has 3 aromatic rings. The number of carbonyl (C=O) groups excluding carboxylic acids is 3. The van der Waals surface area contributed by atoms with Gasteiger partial charge in [0.15, 0.2) is 5.13 Å².